The number of hydrogen-bond acceptors (Lipinski definition) is 3. The minimum absolute atomic E-state index is 0.213. The molecular weight excluding hydrogens is 282 g/mol. The van der Waals surface area contributed by atoms with E-state index in [1.54, 1.807) is 19.1 Å². The molecule has 20 heavy (non-hydrogen) atoms. The van der Waals surface area contributed by atoms with Crippen molar-refractivity contribution in [3.05, 3.63) is 38.6 Å². The molecule has 0 radical (unpaired) electrons. The van der Waals surface area contributed by atoms with Crippen LogP contribution in [0.1, 0.15) is 29.8 Å². The molecule has 2 N–H and O–H groups in total. The number of nitrogens with zero attached hydrogens (tertiary/aromatic N) is 1. The Morgan fingerprint density at radius 3 is 2.50 bits per heavy atom. The van der Waals surface area contributed by atoms with Gasteiger partial charge in [0.25, 0.3) is 5.56 Å². The third-order valence-corrected chi connectivity index (χ3v) is 3.77. The molecule has 106 valence electrons. The van der Waals surface area contributed by atoms with Gasteiger partial charge in [-0.3, -0.25) is 4.79 Å². The average Bonchev–Trinajstić information content (AvgIpc) is 2.38. The van der Waals surface area contributed by atoms with Gasteiger partial charge in [0.2, 0.25) is 0 Å². The molecule has 5 nitrogen and oxygen atoms in total. The highest BCUT2D eigenvalue weighted by Crippen LogP contribution is 2.35. The van der Waals surface area contributed by atoms with Crippen LogP contribution in [0.25, 0.3) is 10.9 Å². The van der Waals surface area contributed by atoms with Gasteiger partial charge in [-0.2, -0.15) is 0 Å². The van der Waals surface area contributed by atoms with Crippen molar-refractivity contribution < 1.29 is 15.0 Å². The number of rotatable bonds is 3. The van der Waals surface area contributed by atoms with E-state index in [0.717, 1.165) is 5.56 Å². The number of halogens is 1. The van der Waals surface area contributed by atoms with Crippen molar-refractivity contribution in [1.29, 1.82) is 0 Å². The lowest BCUT2D eigenvalue weighted by molar-refractivity contribution is 0.0691. The summed E-state index contributed by atoms with van der Waals surface area (Å²) in [6.45, 7) is 3.92. The maximum Gasteiger partial charge on any atom is 0.345 e. The van der Waals surface area contributed by atoms with Gasteiger partial charge in [0.1, 0.15) is 5.75 Å². The molecule has 1 aromatic carbocycles. The highest BCUT2D eigenvalue weighted by atomic mass is 35.5. The Kier molecular flexibility index (Phi) is 3.72. The van der Waals surface area contributed by atoms with Crippen LogP contribution in [0.5, 0.6) is 5.75 Å². The lowest BCUT2D eigenvalue weighted by Crippen LogP contribution is -2.26. The first-order chi connectivity index (χ1) is 9.43. The number of aryl methyl sites for hydroxylation is 2. The molecule has 0 aliphatic rings. The molecule has 0 bridgehead atoms. The molecule has 0 atom stereocenters. The van der Waals surface area contributed by atoms with E-state index in [-0.39, 0.29) is 17.0 Å². The van der Waals surface area contributed by atoms with Gasteiger partial charge in [-0.05, 0) is 25.0 Å². The summed E-state index contributed by atoms with van der Waals surface area (Å²) in [6, 6.07) is 3.45. The van der Waals surface area contributed by atoms with E-state index in [1.165, 1.54) is 4.57 Å². The van der Waals surface area contributed by atoms with Gasteiger partial charge in [-0.1, -0.05) is 24.6 Å². The average molecular weight is 296 g/mol. The number of fused-ring (bicyclic) bond motifs is 1. The van der Waals surface area contributed by atoms with Crippen molar-refractivity contribution in [2.24, 2.45) is 0 Å². The van der Waals surface area contributed by atoms with E-state index in [9.17, 15) is 14.7 Å². The predicted octanol–water partition coefficient (Wildman–Crippen LogP) is 2.64. The first-order valence-electron chi connectivity index (χ1n) is 6.24. The highest BCUT2D eigenvalue weighted by molar-refractivity contribution is 6.37. The molecule has 0 saturated carbocycles. The zero-order valence-corrected chi connectivity index (χ0v) is 11.9. The Morgan fingerprint density at radius 1 is 1.35 bits per heavy atom. The molecule has 1 heterocycles. The van der Waals surface area contributed by atoms with Crippen LogP contribution in [0, 0.1) is 0 Å². The lowest BCUT2D eigenvalue weighted by atomic mass is 10.0. The van der Waals surface area contributed by atoms with E-state index in [1.807, 2.05) is 6.92 Å². The number of hydrogen-bond donors (Lipinski definition) is 2. The fraction of sp³-hybridized carbons (Fsp3) is 0.286. The fourth-order valence-electron chi connectivity index (χ4n) is 2.31. The van der Waals surface area contributed by atoms with Gasteiger partial charge in [0.15, 0.2) is 5.56 Å². The molecule has 2 rings (SSSR count). The van der Waals surface area contributed by atoms with Crippen molar-refractivity contribution in [3.63, 3.8) is 0 Å². The van der Waals surface area contributed by atoms with Crippen LogP contribution in [-0.4, -0.2) is 20.7 Å². The second-order valence-electron chi connectivity index (χ2n) is 4.36. The monoisotopic (exact) mass is 295 g/mol. The zero-order valence-electron chi connectivity index (χ0n) is 11.1. The van der Waals surface area contributed by atoms with E-state index in [4.69, 9.17) is 16.7 Å². The van der Waals surface area contributed by atoms with Crippen LogP contribution in [0.2, 0.25) is 5.02 Å². The molecule has 2 aromatic rings. The van der Waals surface area contributed by atoms with Crippen molar-refractivity contribution in [2.45, 2.75) is 26.8 Å². The normalized spacial score (nSPS) is 10.9. The second-order valence-corrected chi connectivity index (χ2v) is 4.74. The first kappa shape index (κ1) is 14.4. The summed E-state index contributed by atoms with van der Waals surface area (Å²) < 4.78 is 1.30. The number of benzene rings is 1. The number of aromatic carboxylic acids is 1. The van der Waals surface area contributed by atoms with Crippen LogP contribution in [-0.2, 0) is 13.0 Å². The van der Waals surface area contributed by atoms with E-state index in [2.05, 4.69) is 0 Å². The maximum absolute atomic E-state index is 12.1. The second kappa shape index (κ2) is 5.17. The molecule has 0 amide bonds. The summed E-state index contributed by atoms with van der Waals surface area (Å²) in [7, 11) is 0. The van der Waals surface area contributed by atoms with Crippen molar-refractivity contribution in [1.82, 2.24) is 4.57 Å². The summed E-state index contributed by atoms with van der Waals surface area (Å²) in [6.07, 6.45) is 0.641. The molecule has 0 aliphatic carbocycles. The van der Waals surface area contributed by atoms with Gasteiger partial charge < -0.3 is 14.8 Å². The van der Waals surface area contributed by atoms with E-state index >= 15 is 0 Å². The SMILES string of the molecule is CCc1ccc2c(c(O)c(C(=O)O)c(=O)n2CC)c1Cl. The van der Waals surface area contributed by atoms with Gasteiger partial charge >= 0.3 is 5.97 Å². The van der Waals surface area contributed by atoms with Gasteiger partial charge in [0, 0.05) is 6.54 Å². The minimum Gasteiger partial charge on any atom is -0.506 e. The summed E-state index contributed by atoms with van der Waals surface area (Å²) in [5.41, 5.74) is -0.158. The molecule has 0 spiro atoms. The van der Waals surface area contributed by atoms with E-state index < -0.39 is 22.8 Å². The summed E-state index contributed by atoms with van der Waals surface area (Å²) in [5, 5.41) is 19.8. The number of carbonyl (C=O) groups is 1. The fourth-order valence-corrected chi connectivity index (χ4v) is 2.69. The molecular formula is C14H14ClNO4. The zero-order chi connectivity index (χ0) is 15.0. The molecule has 6 heteroatoms. The largest absolute Gasteiger partial charge is 0.506 e. The molecule has 0 unspecified atom stereocenters. The number of carboxylic acid groups (broad SMARTS) is 1. The Labute approximate surface area is 120 Å². The first-order valence-corrected chi connectivity index (χ1v) is 6.61. The summed E-state index contributed by atoms with van der Waals surface area (Å²) in [5.74, 6) is -2.03. The van der Waals surface area contributed by atoms with Gasteiger partial charge in [0.05, 0.1) is 15.9 Å². The summed E-state index contributed by atoms with van der Waals surface area (Å²) >= 11 is 6.24. The van der Waals surface area contributed by atoms with E-state index in [0.29, 0.717) is 11.9 Å². The Balaban J connectivity index is 3.10. The van der Waals surface area contributed by atoms with Crippen LogP contribution >= 0.6 is 11.6 Å². The highest BCUT2D eigenvalue weighted by Gasteiger charge is 2.23. The van der Waals surface area contributed by atoms with Crippen LogP contribution in [0.15, 0.2) is 16.9 Å². The Morgan fingerprint density at radius 2 is 2.00 bits per heavy atom. The number of carboxylic acids is 1. The Hall–Kier alpha value is -2.01. The number of pyridine rings is 1. The number of aromatic hydroxyl groups is 1. The number of aromatic nitrogens is 1. The lowest BCUT2D eigenvalue weighted by Gasteiger charge is -2.14. The van der Waals surface area contributed by atoms with Crippen LogP contribution in [0.4, 0.5) is 0 Å². The van der Waals surface area contributed by atoms with Crippen molar-refractivity contribution in [2.75, 3.05) is 0 Å². The smallest absolute Gasteiger partial charge is 0.345 e. The maximum atomic E-state index is 12.1. The quantitative estimate of drug-likeness (QED) is 0.912. The topological polar surface area (TPSA) is 79.5 Å². The summed E-state index contributed by atoms with van der Waals surface area (Å²) in [4.78, 5) is 23.3. The van der Waals surface area contributed by atoms with Crippen molar-refractivity contribution >= 4 is 28.5 Å². The molecule has 0 saturated heterocycles. The third kappa shape index (κ3) is 1.94. The molecule has 1 aromatic heterocycles. The van der Waals surface area contributed by atoms with Gasteiger partial charge in [-0.15, -0.1) is 0 Å². The van der Waals surface area contributed by atoms with Crippen molar-refractivity contribution in [3.8, 4) is 5.75 Å². The predicted molar refractivity (Wildman–Crippen MR) is 76.9 cm³/mol. The Bertz CT molecular complexity index is 764. The third-order valence-electron chi connectivity index (χ3n) is 3.33. The van der Waals surface area contributed by atoms with Crippen LogP contribution < -0.4 is 5.56 Å². The van der Waals surface area contributed by atoms with Crippen LogP contribution in [0.3, 0.4) is 0 Å². The molecule has 0 fully saturated rings. The standard InChI is InChI=1S/C14H14ClNO4/c1-3-7-5-6-8-9(11(7)15)12(17)10(14(19)20)13(18)16(8)4-2/h5-6,17H,3-4H2,1-2H3,(H,19,20). The van der Waals surface area contributed by atoms with Gasteiger partial charge in [-0.25, -0.2) is 4.79 Å². The minimum atomic E-state index is -1.46. The molecule has 0 aliphatic heterocycles.